The topological polar surface area (TPSA) is 62.4 Å². The van der Waals surface area contributed by atoms with Crippen LogP contribution in [0.3, 0.4) is 0 Å². The third-order valence-corrected chi connectivity index (χ3v) is 3.79. The van der Waals surface area contributed by atoms with E-state index in [9.17, 15) is 9.59 Å². The van der Waals surface area contributed by atoms with Gasteiger partial charge in [-0.25, -0.2) is 0 Å². The van der Waals surface area contributed by atoms with E-state index in [0.29, 0.717) is 18.7 Å². The number of amides is 1. The van der Waals surface area contributed by atoms with E-state index in [1.54, 1.807) is 17.3 Å². The molecule has 0 unspecified atom stereocenters. The van der Waals surface area contributed by atoms with E-state index in [1.807, 2.05) is 34.6 Å². The lowest BCUT2D eigenvalue weighted by atomic mass is 9.98. The van der Waals surface area contributed by atoms with E-state index in [0.717, 1.165) is 5.56 Å². The highest BCUT2D eigenvalue weighted by Gasteiger charge is 2.39. The lowest BCUT2D eigenvalue weighted by molar-refractivity contribution is -0.160. The van der Waals surface area contributed by atoms with Crippen molar-refractivity contribution in [2.75, 3.05) is 13.1 Å². The third kappa shape index (κ3) is 3.46. The number of hydrogen-bond acceptors (Lipinski definition) is 3. The summed E-state index contributed by atoms with van der Waals surface area (Å²) in [5, 5.41) is 0. The first-order chi connectivity index (χ1) is 9.69. The molecular formula is C16H24N2O3. The van der Waals surface area contributed by atoms with Gasteiger partial charge in [0.15, 0.2) is 0 Å². The van der Waals surface area contributed by atoms with Crippen LogP contribution in [0.2, 0.25) is 0 Å². The molecule has 2 heterocycles. The summed E-state index contributed by atoms with van der Waals surface area (Å²) in [7, 11) is 0. The van der Waals surface area contributed by atoms with Crippen molar-refractivity contribution in [1.82, 2.24) is 9.88 Å². The van der Waals surface area contributed by atoms with Gasteiger partial charge in [-0.15, -0.1) is 0 Å². The number of carbonyl (C=O) groups excluding carboxylic acids is 2. The van der Waals surface area contributed by atoms with Gasteiger partial charge in [0.1, 0.15) is 5.60 Å². The van der Waals surface area contributed by atoms with Gasteiger partial charge in [0.25, 0.3) is 5.91 Å². The molecule has 1 fully saturated rings. The number of ether oxygens (including phenoxy) is 1. The van der Waals surface area contributed by atoms with Crippen LogP contribution in [0.5, 0.6) is 0 Å². The molecular weight excluding hydrogens is 268 g/mol. The van der Waals surface area contributed by atoms with Crippen molar-refractivity contribution in [3.05, 3.63) is 23.5 Å². The summed E-state index contributed by atoms with van der Waals surface area (Å²) in [6, 6.07) is 0. The molecule has 0 aromatic carbocycles. The Kier molecular flexibility index (Phi) is 4.12. The molecule has 5 heteroatoms. The molecule has 0 aliphatic carbocycles. The van der Waals surface area contributed by atoms with Gasteiger partial charge in [0.2, 0.25) is 0 Å². The molecule has 5 nitrogen and oxygen atoms in total. The Bertz CT molecular complexity index is 542. The van der Waals surface area contributed by atoms with Crippen LogP contribution < -0.4 is 0 Å². The quantitative estimate of drug-likeness (QED) is 0.851. The first-order valence-electron chi connectivity index (χ1n) is 7.34. The fraction of sp³-hybridized carbons (Fsp3) is 0.625. The molecule has 0 bridgehead atoms. The van der Waals surface area contributed by atoms with E-state index >= 15 is 0 Å². The van der Waals surface area contributed by atoms with Crippen molar-refractivity contribution in [3.8, 4) is 0 Å². The Morgan fingerprint density at radius 3 is 2.48 bits per heavy atom. The predicted octanol–water partition coefficient (Wildman–Crippen LogP) is 2.37. The van der Waals surface area contributed by atoms with Gasteiger partial charge in [-0.2, -0.15) is 0 Å². The lowest BCUT2D eigenvalue weighted by Crippen LogP contribution is -2.33. The number of hydrogen-bond donors (Lipinski definition) is 1. The van der Waals surface area contributed by atoms with Crippen molar-refractivity contribution in [3.63, 3.8) is 0 Å². The van der Waals surface area contributed by atoms with E-state index < -0.39 is 5.60 Å². The summed E-state index contributed by atoms with van der Waals surface area (Å²) in [6.45, 7) is 10.5. The van der Waals surface area contributed by atoms with Gasteiger partial charge in [-0.05, 0) is 39.2 Å². The van der Waals surface area contributed by atoms with Crippen LogP contribution in [0, 0.1) is 18.8 Å². The van der Waals surface area contributed by atoms with Crippen molar-refractivity contribution in [2.24, 2.45) is 11.8 Å². The van der Waals surface area contributed by atoms with Gasteiger partial charge < -0.3 is 14.6 Å². The smallest absolute Gasteiger partial charge is 0.311 e. The van der Waals surface area contributed by atoms with Crippen LogP contribution in [0.1, 0.15) is 43.6 Å². The van der Waals surface area contributed by atoms with Crippen molar-refractivity contribution < 1.29 is 14.3 Å². The minimum absolute atomic E-state index is 0.0216. The standard InChI is InChI=1S/C16H24N2O3/c1-10-6-17-7-12(10)14(19)18-8-11(2)13(9-18)15(20)21-16(3,4)5/h6-7,11,13,17H,8-9H2,1-5H3/t11-,13-/m1/s1. The summed E-state index contributed by atoms with van der Waals surface area (Å²) >= 11 is 0. The molecule has 0 saturated carbocycles. The number of rotatable bonds is 2. The Hall–Kier alpha value is -1.78. The molecule has 1 aliphatic heterocycles. The average Bonchev–Trinajstić information content (AvgIpc) is 2.92. The number of aryl methyl sites for hydroxylation is 1. The van der Waals surface area contributed by atoms with Crippen LogP contribution in [0.4, 0.5) is 0 Å². The zero-order valence-electron chi connectivity index (χ0n) is 13.4. The number of carbonyl (C=O) groups is 2. The number of nitrogens with zero attached hydrogens (tertiary/aromatic N) is 1. The second-order valence-corrected chi connectivity index (χ2v) is 6.88. The van der Waals surface area contributed by atoms with E-state index in [-0.39, 0.29) is 23.7 Å². The number of aromatic nitrogens is 1. The minimum atomic E-state index is -0.495. The largest absolute Gasteiger partial charge is 0.460 e. The molecule has 1 aromatic heterocycles. The number of H-pyrrole nitrogens is 1. The SMILES string of the molecule is Cc1c[nH]cc1C(=O)N1C[C@@H](C)[C@H](C(=O)OC(C)(C)C)C1. The van der Waals surface area contributed by atoms with Crippen molar-refractivity contribution in [2.45, 2.75) is 40.2 Å². The Balaban J connectivity index is 2.06. The molecule has 1 aliphatic rings. The maximum absolute atomic E-state index is 12.5. The van der Waals surface area contributed by atoms with Crippen LogP contribution in [-0.2, 0) is 9.53 Å². The van der Waals surface area contributed by atoms with Crippen LogP contribution in [0.25, 0.3) is 0 Å². The average molecular weight is 292 g/mol. The Labute approximate surface area is 125 Å². The minimum Gasteiger partial charge on any atom is -0.460 e. The summed E-state index contributed by atoms with van der Waals surface area (Å²) < 4.78 is 5.45. The molecule has 1 amide bonds. The normalized spacial score (nSPS) is 22.4. The Morgan fingerprint density at radius 2 is 1.95 bits per heavy atom. The molecule has 0 spiro atoms. The molecule has 1 N–H and O–H groups in total. The first kappa shape index (κ1) is 15.6. The highest BCUT2D eigenvalue weighted by atomic mass is 16.6. The second-order valence-electron chi connectivity index (χ2n) is 6.88. The molecule has 116 valence electrons. The van der Waals surface area contributed by atoms with E-state index in [2.05, 4.69) is 4.98 Å². The summed E-state index contributed by atoms with van der Waals surface area (Å²) in [5.74, 6) is -0.363. The Morgan fingerprint density at radius 1 is 1.29 bits per heavy atom. The van der Waals surface area contributed by atoms with Crippen LogP contribution >= 0.6 is 0 Å². The molecule has 1 aromatic rings. The summed E-state index contributed by atoms with van der Waals surface area (Å²) in [6.07, 6.45) is 3.52. The monoisotopic (exact) mass is 292 g/mol. The van der Waals surface area contributed by atoms with Crippen molar-refractivity contribution >= 4 is 11.9 Å². The molecule has 2 rings (SSSR count). The lowest BCUT2D eigenvalue weighted by Gasteiger charge is -2.23. The maximum Gasteiger partial charge on any atom is 0.311 e. The summed E-state index contributed by atoms with van der Waals surface area (Å²) in [5.41, 5.74) is 1.10. The number of aromatic amines is 1. The zero-order chi connectivity index (χ0) is 15.8. The maximum atomic E-state index is 12.5. The van der Waals surface area contributed by atoms with Gasteiger partial charge in [-0.3, -0.25) is 9.59 Å². The fourth-order valence-electron chi connectivity index (χ4n) is 2.66. The number of esters is 1. The van der Waals surface area contributed by atoms with E-state index in [4.69, 9.17) is 4.74 Å². The second kappa shape index (κ2) is 5.54. The van der Waals surface area contributed by atoms with Gasteiger partial charge >= 0.3 is 5.97 Å². The first-order valence-corrected chi connectivity index (χ1v) is 7.34. The van der Waals surface area contributed by atoms with Gasteiger partial charge in [-0.1, -0.05) is 6.92 Å². The summed E-state index contributed by atoms with van der Waals surface area (Å²) in [4.78, 5) is 29.4. The van der Waals surface area contributed by atoms with Gasteiger partial charge in [0, 0.05) is 25.5 Å². The fourth-order valence-corrected chi connectivity index (χ4v) is 2.66. The highest BCUT2D eigenvalue weighted by molar-refractivity contribution is 5.96. The van der Waals surface area contributed by atoms with Gasteiger partial charge in [0.05, 0.1) is 11.5 Å². The highest BCUT2D eigenvalue weighted by Crippen LogP contribution is 2.27. The predicted molar refractivity (Wildman–Crippen MR) is 79.9 cm³/mol. The van der Waals surface area contributed by atoms with Crippen LogP contribution in [0.15, 0.2) is 12.4 Å². The third-order valence-electron chi connectivity index (χ3n) is 3.79. The van der Waals surface area contributed by atoms with Crippen molar-refractivity contribution in [1.29, 1.82) is 0 Å². The van der Waals surface area contributed by atoms with Crippen LogP contribution in [-0.4, -0.2) is 40.5 Å². The zero-order valence-corrected chi connectivity index (χ0v) is 13.4. The number of likely N-dealkylation sites (tertiary alicyclic amines) is 1. The molecule has 2 atom stereocenters. The molecule has 1 saturated heterocycles. The number of nitrogens with one attached hydrogen (secondary N) is 1. The molecule has 21 heavy (non-hydrogen) atoms. The van der Waals surface area contributed by atoms with E-state index in [1.165, 1.54) is 0 Å². The molecule has 0 radical (unpaired) electrons.